The predicted octanol–water partition coefficient (Wildman–Crippen LogP) is 0.626. The number of hydrogen-bond donors (Lipinski definition) is 2. The Labute approximate surface area is 100 Å². The minimum atomic E-state index is -0.0309. The molecule has 0 spiro atoms. The minimum Gasteiger partial charge on any atom is -0.377 e. The number of hydrogen-bond acceptors (Lipinski definition) is 4. The number of nitrogens with zero attached hydrogens (tertiary/aromatic N) is 2. The molecular weight excluding hydrogens is 220 g/mol. The number of nitrogens with one attached hydrogen (secondary N) is 2. The van der Waals surface area contributed by atoms with E-state index in [0.717, 1.165) is 25.9 Å². The number of ether oxygens (including phenoxy) is 1. The van der Waals surface area contributed by atoms with Gasteiger partial charge in [-0.2, -0.15) is 5.10 Å². The van der Waals surface area contributed by atoms with Gasteiger partial charge in [0.05, 0.1) is 18.6 Å². The highest BCUT2D eigenvalue weighted by atomic mass is 16.5. The second-order valence-electron chi connectivity index (χ2n) is 4.22. The van der Waals surface area contributed by atoms with Crippen LogP contribution in [0.3, 0.4) is 0 Å². The maximum Gasteiger partial charge on any atom is 0.226 e. The molecule has 1 aliphatic rings. The summed E-state index contributed by atoms with van der Waals surface area (Å²) in [6, 6.07) is 0. The van der Waals surface area contributed by atoms with Gasteiger partial charge in [0, 0.05) is 6.61 Å². The Morgan fingerprint density at radius 3 is 3.29 bits per heavy atom. The van der Waals surface area contributed by atoms with Crippen molar-refractivity contribution in [2.45, 2.75) is 38.8 Å². The molecule has 1 fully saturated rings. The van der Waals surface area contributed by atoms with Crippen LogP contribution in [0.1, 0.15) is 32.0 Å². The maximum atomic E-state index is 12.0. The number of rotatable bonds is 4. The van der Waals surface area contributed by atoms with Gasteiger partial charge in [-0.3, -0.25) is 9.89 Å². The molecule has 1 aromatic heterocycles. The first-order valence-electron chi connectivity index (χ1n) is 6.04. The van der Waals surface area contributed by atoms with Crippen LogP contribution in [0.2, 0.25) is 0 Å². The summed E-state index contributed by atoms with van der Waals surface area (Å²) in [5.74, 6) is 0.688. The van der Waals surface area contributed by atoms with Crippen LogP contribution in [-0.4, -0.2) is 33.8 Å². The van der Waals surface area contributed by atoms with Crippen LogP contribution in [0.15, 0.2) is 6.33 Å². The van der Waals surface area contributed by atoms with E-state index in [1.54, 1.807) is 0 Å². The average molecular weight is 238 g/mol. The molecule has 0 aliphatic carbocycles. The van der Waals surface area contributed by atoms with E-state index >= 15 is 0 Å². The fraction of sp³-hybridized carbons (Fsp3) is 0.727. The number of carbonyl (C=O) groups excluding carboxylic acids is 1. The fourth-order valence-electron chi connectivity index (χ4n) is 2.16. The molecule has 1 aliphatic heterocycles. The van der Waals surface area contributed by atoms with Crippen molar-refractivity contribution >= 4 is 5.91 Å². The van der Waals surface area contributed by atoms with Gasteiger partial charge in [0.2, 0.25) is 5.91 Å². The van der Waals surface area contributed by atoms with Gasteiger partial charge in [0.15, 0.2) is 0 Å². The van der Waals surface area contributed by atoms with Crippen molar-refractivity contribution in [1.82, 2.24) is 20.5 Å². The molecule has 2 N–H and O–H groups in total. The van der Waals surface area contributed by atoms with Gasteiger partial charge in [-0.15, -0.1) is 0 Å². The lowest BCUT2D eigenvalue weighted by atomic mass is 9.92. The van der Waals surface area contributed by atoms with Gasteiger partial charge in [0.1, 0.15) is 12.2 Å². The zero-order valence-corrected chi connectivity index (χ0v) is 9.98. The first-order chi connectivity index (χ1) is 8.31. The molecule has 1 aromatic rings. The van der Waals surface area contributed by atoms with Gasteiger partial charge in [-0.25, -0.2) is 4.98 Å². The topological polar surface area (TPSA) is 79.9 Å². The SMILES string of the molecule is CC[C@@H]1OCCC[C@@H]1C(=O)NCc1ncn[nH]1. The molecule has 0 unspecified atom stereocenters. The van der Waals surface area contributed by atoms with Gasteiger partial charge in [0.25, 0.3) is 0 Å². The maximum absolute atomic E-state index is 12.0. The van der Waals surface area contributed by atoms with Crippen molar-refractivity contribution in [3.63, 3.8) is 0 Å². The molecule has 2 atom stereocenters. The van der Waals surface area contributed by atoms with E-state index in [2.05, 4.69) is 20.5 Å². The van der Waals surface area contributed by atoms with Crippen molar-refractivity contribution in [1.29, 1.82) is 0 Å². The van der Waals surface area contributed by atoms with E-state index in [0.29, 0.717) is 12.4 Å². The van der Waals surface area contributed by atoms with Gasteiger partial charge in [-0.05, 0) is 19.3 Å². The Morgan fingerprint density at radius 1 is 1.71 bits per heavy atom. The lowest BCUT2D eigenvalue weighted by Gasteiger charge is -2.29. The standard InChI is InChI=1S/C11H18N4O2/c1-2-9-8(4-3-5-17-9)11(16)12-6-10-13-7-14-15-10/h7-9H,2-6H2,1H3,(H,12,16)(H,13,14,15)/t8-,9-/m0/s1. The molecule has 0 aromatic carbocycles. The molecule has 6 nitrogen and oxygen atoms in total. The zero-order valence-electron chi connectivity index (χ0n) is 9.98. The summed E-state index contributed by atoms with van der Waals surface area (Å²) in [5.41, 5.74) is 0. The zero-order chi connectivity index (χ0) is 12.1. The van der Waals surface area contributed by atoms with Crippen molar-refractivity contribution in [2.75, 3.05) is 6.61 Å². The molecule has 2 rings (SSSR count). The largest absolute Gasteiger partial charge is 0.377 e. The number of H-pyrrole nitrogens is 1. The smallest absolute Gasteiger partial charge is 0.226 e. The van der Waals surface area contributed by atoms with Crippen LogP contribution in [0.25, 0.3) is 0 Å². The third-order valence-electron chi connectivity index (χ3n) is 3.07. The molecule has 2 heterocycles. The fourth-order valence-corrected chi connectivity index (χ4v) is 2.16. The summed E-state index contributed by atoms with van der Waals surface area (Å²) in [6.45, 7) is 3.21. The van der Waals surface area contributed by atoms with Crippen LogP contribution >= 0.6 is 0 Å². The van der Waals surface area contributed by atoms with E-state index in [4.69, 9.17) is 4.74 Å². The third kappa shape index (κ3) is 3.03. The van der Waals surface area contributed by atoms with Gasteiger partial charge < -0.3 is 10.1 Å². The first-order valence-corrected chi connectivity index (χ1v) is 6.04. The Balaban J connectivity index is 1.85. The van der Waals surface area contributed by atoms with Crippen molar-refractivity contribution in [3.05, 3.63) is 12.2 Å². The molecule has 94 valence electrons. The Bertz CT molecular complexity index is 352. The summed E-state index contributed by atoms with van der Waals surface area (Å²) in [5, 5.41) is 9.31. The summed E-state index contributed by atoms with van der Waals surface area (Å²) >= 11 is 0. The second kappa shape index (κ2) is 5.77. The Morgan fingerprint density at radius 2 is 2.59 bits per heavy atom. The highest BCUT2D eigenvalue weighted by Crippen LogP contribution is 2.23. The quantitative estimate of drug-likeness (QED) is 0.806. The summed E-state index contributed by atoms with van der Waals surface area (Å²) < 4.78 is 5.60. The van der Waals surface area contributed by atoms with Crippen LogP contribution in [-0.2, 0) is 16.1 Å². The highest BCUT2D eigenvalue weighted by molar-refractivity contribution is 5.79. The summed E-state index contributed by atoms with van der Waals surface area (Å²) in [6.07, 6.45) is 4.22. The number of aromatic nitrogens is 3. The lowest BCUT2D eigenvalue weighted by Crippen LogP contribution is -2.41. The van der Waals surface area contributed by atoms with Crippen LogP contribution in [0.4, 0.5) is 0 Å². The van der Waals surface area contributed by atoms with E-state index in [9.17, 15) is 4.79 Å². The molecule has 17 heavy (non-hydrogen) atoms. The van der Waals surface area contributed by atoms with Crippen molar-refractivity contribution < 1.29 is 9.53 Å². The molecule has 1 saturated heterocycles. The first kappa shape index (κ1) is 12.0. The highest BCUT2D eigenvalue weighted by Gasteiger charge is 2.30. The minimum absolute atomic E-state index is 0.0309. The van der Waals surface area contributed by atoms with Gasteiger partial charge >= 0.3 is 0 Å². The normalized spacial score (nSPS) is 24.5. The molecule has 0 bridgehead atoms. The summed E-state index contributed by atoms with van der Waals surface area (Å²) in [4.78, 5) is 16.0. The van der Waals surface area contributed by atoms with Crippen LogP contribution in [0, 0.1) is 5.92 Å². The van der Waals surface area contributed by atoms with E-state index in [-0.39, 0.29) is 17.9 Å². The number of aromatic amines is 1. The number of amides is 1. The van der Waals surface area contributed by atoms with Gasteiger partial charge in [-0.1, -0.05) is 6.92 Å². The van der Waals surface area contributed by atoms with E-state index in [1.807, 2.05) is 6.92 Å². The lowest BCUT2D eigenvalue weighted by molar-refractivity contribution is -0.134. The molecule has 0 saturated carbocycles. The second-order valence-corrected chi connectivity index (χ2v) is 4.22. The van der Waals surface area contributed by atoms with Crippen molar-refractivity contribution in [2.24, 2.45) is 5.92 Å². The average Bonchev–Trinajstić information content (AvgIpc) is 2.89. The van der Waals surface area contributed by atoms with Crippen LogP contribution < -0.4 is 5.32 Å². The Kier molecular flexibility index (Phi) is 4.08. The molecule has 6 heteroatoms. The third-order valence-corrected chi connectivity index (χ3v) is 3.07. The Hall–Kier alpha value is -1.43. The predicted molar refractivity (Wildman–Crippen MR) is 61.0 cm³/mol. The van der Waals surface area contributed by atoms with Crippen molar-refractivity contribution in [3.8, 4) is 0 Å². The number of carbonyl (C=O) groups is 1. The molecule has 0 radical (unpaired) electrons. The van der Waals surface area contributed by atoms with Crippen LogP contribution in [0.5, 0.6) is 0 Å². The summed E-state index contributed by atoms with van der Waals surface area (Å²) in [7, 11) is 0. The monoisotopic (exact) mass is 238 g/mol. The van der Waals surface area contributed by atoms with E-state index < -0.39 is 0 Å². The van der Waals surface area contributed by atoms with E-state index in [1.165, 1.54) is 6.33 Å². The molecule has 1 amide bonds. The molecular formula is C11H18N4O2.